The topological polar surface area (TPSA) is 34.1 Å². The zero-order valence-electron chi connectivity index (χ0n) is 7.22. The summed E-state index contributed by atoms with van der Waals surface area (Å²) < 4.78 is 47.1. The lowest BCUT2D eigenvalue weighted by Gasteiger charge is -2.02. The van der Waals surface area contributed by atoms with Crippen molar-refractivity contribution in [2.45, 2.75) is 12.7 Å². The second-order valence-corrected chi connectivity index (χ2v) is 5.64. The Kier molecular flexibility index (Phi) is 3.11. The molecule has 0 unspecified atom stereocenters. The molecule has 2 nitrogen and oxygen atoms in total. The summed E-state index contributed by atoms with van der Waals surface area (Å²) in [5.74, 6) is -2.14. The highest BCUT2D eigenvalue weighted by Gasteiger charge is 2.12. The van der Waals surface area contributed by atoms with E-state index in [0.717, 1.165) is 12.1 Å². The van der Waals surface area contributed by atoms with E-state index in [4.69, 9.17) is 10.7 Å². The molecule has 0 aromatic heterocycles. The molecular formula is C8H7ClF2O2S. The molecule has 0 aliphatic rings. The zero-order valence-corrected chi connectivity index (χ0v) is 8.79. The van der Waals surface area contributed by atoms with Gasteiger partial charge in [0, 0.05) is 16.2 Å². The van der Waals surface area contributed by atoms with Crippen molar-refractivity contribution in [1.82, 2.24) is 0 Å². The first-order valence-electron chi connectivity index (χ1n) is 3.66. The van der Waals surface area contributed by atoms with E-state index in [2.05, 4.69) is 0 Å². The molecule has 0 saturated carbocycles. The van der Waals surface area contributed by atoms with E-state index >= 15 is 0 Å². The number of benzene rings is 1. The van der Waals surface area contributed by atoms with Gasteiger partial charge >= 0.3 is 0 Å². The van der Waals surface area contributed by atoms with Crippen LogP contribution >= 0.6 is 10.7 Å². The SMILES string of the molecule is Cc1c(F)cc(CS(=O)(=O)Cl)cc1F. The van der Waals surface area contributed by atoms with Crippen molar-refractivity contribution in [3.8, 4) is 0 Å². The third-order valence-electron chi connectivity index (χ3n) is 1.68. The average molecular weight is 241 g/mol. The predicted octanol–water partition coefficient (Wildman–Crippen LogP) is 2.34. The molecule has 0 amide bonds. The molecule has 78 valence electrons. The highest BCUT2D eigenvalue weighted by molar-refractivity contribution is 8.13. The van der Waals surface area contributed by atoms with E-state index in [1.54, 1.807) is 0 Å². The van der Waals surface area contributed by atoms with Crippen molar-refractivity contribution in [3.63, 3.8) is 0 Å². The maximum Gasteiger partial charge on any atom is 0.236 e. The highest BCUT2D eigenvalue weighted by Crippen LogP contribution is 2.17. The fraction of sp³-hybridized carbons (Fsp3) is 0.250. The van der Waals surface area contributed by atoms with Gasteiger partial charge in [0.25, 0.3) is 0 Å². The van der Waals surface area contributed by atoms with Crippen LogP contribution in [-0.2, 0) is 14.8 Å². The van der Waals surface area contributed by atoms with Crippen LogP contribution in [0.3, 0.4) is 0 Å². The molecule has 0 radical (unpaired) electrons. The summed E-state index contributed by atoms with van der Waals surface area (Å²) in [5, 5.41) is 0. The lowest BCUT2D eigenvalue weighted by molar-refractivity contribution is 0.565. The molecule has 0 atom stereocenters. The fourth-order valence-electron chi connectivity index (χ4n) is 0.980. The van der Waals surface area contributed by atoms with Crippen molar-refractivity contribution >= 4 is 19.7 Å². The van der Waals surface area contributed by atoms with Crippen LogP contribution in [0.2, 0.25) is 0 Å². The van der Waals surface area contributed by atoms with Gasteiger partial charge in [-0.05, 0) is 24.6 Å². The van der Waals surface area contributed by atoms with Crippen LogP contribution in [-0.4, -0.2) is 8.42 Å². The Morgan fingerprint density at radius 3 is 2.07 bits per heavy atom. The lowest BCUT2D eigenvalue weighted by Crippen LogP contribution is -1.98. The third kappa shape index (κ3) is 2.92. The number of hydrogen-bond acceptors (Lipinski definition) is 2. The van der Waals surface area contributed by atoms with Gasteiger partial charge < -0.3 is 0 Å². The summed E-state index contributed by atoms with van der Waals surface area (Å²) in [4.78, 5) is 0. The Morgan fingerprint density at radius 1 is 1.29 bits per heavy atom. The van der Waals surface area contributed by atoms with Crippen molar-refractivity contribution < 1.29 is 17.2 Å². The van der Waals surface area contributed by atoms with Crippen molar-refractivity contribution in [3.05, 3.63) is 34.9 Å². The Morgan fingerprint density at radius 2 is 1.71 bits per heavy atom. The highest BCUT2D eigenvalue weighted by atomic mass is 35.7. The number of hydrogen-bond donors (Lipinski definition) is 0. The minimum absolute atomic E-state index is 0.000556. The second kappa shape index (κ2) is 3.82. The maximum atomic E-state index is 12.9. The smallest absolute Gasteiger partial charge is 0.212 e. The van der Waals surface area contributed by atoms with E-state index in [1.807, 2.05) is 0 Å². The minimum Gasteiger partial charge on any atom is -0.212 e. The standard InChI is InChI=1S/C8H7ClF2O2S/c1-5-7(10)2-6(3-8(5)11)4-14(9,12)13/h2-3H,4H2,1H3. The van der Waals surface area contributed by atoms with E-state index in [-0.39, 0.29) is 11.1 Å². The Bertz CT molecular complexity index is 433. The number of rotatable bonds is 2. The van der Waals surface area contributed by atoms with Crippen LogP contribution in [0.1, 0.15) is 11.1 Å². The Balaban J connectivity index is 3.14. The summed E-state index contributed by atoms with van der Waals surface area (Å²) in [6, 6.07) is 1.91. The van der Waals surface area contributed by atoms with Gasteiger partial charge in [-0.15, -0.1) is 0 Å². The van der Waals surface area contributed by atoms with Crippen molar-refractivity contribution in [2.75, 3.05) is 0 Å². The molecule has 0 aliphatic carbocycles. The summed E-state index contributed by atoms with van der Waals surface area (Å²) in [6.45, 7) is 1.27. The molecule has 0 saturated heterocycles. The maximum absolute atomic E-state index is 12.9. The van der Waals surface area contributed by atoms with Gasteiger partial charge in [-0.1, -0.05) is 0 Å². The van der Waals surface area contributed by atoms with Gasteiger partial charge in [0.2, 0.25) is 9.05 Å². The van der Waals surface area contributed by atoms with Crippen molar-refractivity contribution in [2.24, 2.45) is 0 Å². The Labute approximate surface area is 84.9 Å². The lowest BCUT2D eigenvalue weighted by atomic mass is 10.1. The average Bonchev–Trinajstić information content (AvgIpc) is 1.96. The third-order valence-corrected chi connectivity index (χ3v) is 2.69. The first-order chi connectivity index (χ1) is 6.29. The number of halogens is 3. The van der Waals surface area contributed by atoms with Gasteiger partial charge in [0.05, 0.1) is 5.75 Å². The normalized spacial score (nSPS) is 11.7. The van der Waals surface area contributed by atoms with E-state index < -0.39 is 26.4 Å². The van der Waals surface area contributed by atoms with Crippen LogP contribution < -0.4 is 0 Å². The minimum atomic E-state index is -3.78. The second-order valence-electron chi connectivity index (χ2n) is 2.87. The molecule has 1 rings (SSSR count). The van der Waals surface area contributed by atoms with Crippen LogP contribution in [0, 0.1) is 18.6 Å². The molecule has 0 N–H and O–H groups in total. The van der Waals surface area contributed by atoms with Gasteiger partial charge in [-0.2, -0.15) is 0 Å². The summed E-state index contributed by atoms with van der Waals surface area (Å²) in [7, 11) is 1.15. The molecule has 0 aliphatic heterocycles. The van der Waals surface area contributed by atoms with Crippen LogP contribution in [0.15, 0.2) is 12.1 Å². The summed E-state index contributed by atoms with van der Waals surface area (Å²) in [5.41, 5.74) is -0.138. The largest absolute Gasteiger partial charge is 0.236 e. The molecule has 1 aromatic rings. The van der Waals surface area contributed by atoms with E-state index in [9.17, 15) is 17.2 Å². The van der Waals surface area contributed by atoms with Crippen LogP contribution in [0.5, 0.6) is 0 Å². The first kappa shape index (κ1) is 11.4. The molecule has 0 bridgehead atoms. The van der Waals surface area contributed by atoms with E-state index in [1.165, 1.54) is 6.92 Å². The molecule has 14 heavy (non-hydrogen) atoms. The fourth-order valence-corrected chi connectivity index (χ4v) is 1.92. The van der Waals surface area contributed by atoms with Crippen molar-refractivity contribution in [1.29, 1.82) is 0 Å². The molecule has 1 aromatic carbocycles. The van der Waals surface area contributed by atoms with Crippen LogP contribution in [0.25, 0.3) is 0 Å². The molecular weight excluding hydrogens is 234 g/mol. The molecule has 6 heteroatoms. The zero-order chi connectivity index (χ0) is 10.9. The molecule has 0 heterocycles. The summed E-state index contributed by atoms with van der Waals surface area (Å²) in [6.07, 6.45) is 0. The van der Waals surface area contributed by atoms with Gasteiger partial charge in [-0.25, -0.2) is 17.2 Å². The predicted molar refractivity (Wildman–Crippen MR) is 49.6 cm³/mol. The Hall–Kier alpha value is -0.680. The molecule has 0 spiro atoms. The molecule has 0 fully saturated rings. The van der Waals surface area contributed by atoms with Gasteiger partial charge in [0.1, 0.15) is 11.6 Å². The van der Waals surface area contributed by atoms with Gasteiger partial charge in [0.15, 0.2) is 0 Å². The van der Waals surface area contributed by atoms with Gasteiger partial charge in [-0.3, -0.25) is 0 Å². The summed E-state index contributed by atoms with van der Waals surface area (Å²) >= 11 is 0. The van der Waals surface area contributed by atoms with Crippen LogP contribution in [0.4, 0.5) is 8.78 Å². The monoisotopic (exact) mass is 240 g/mol. The van der Waals surface area contributed by atoms with E-state index in [0.29, 0.717) is 0 Å². The quantitative estimate of drug-likeness (QED) is 0.744. The first-order valence-corrected chi connectivity index (χ1v) is 6.14.